The molecule has 0 spiro atoms. The van der Waals surface area contributed by atoms with Crippen molar-refractivity contribution in [3.05, 3.63) is 0 Å². The topological polar surface area (TPSA) is 76.4 Å². The minimum atomic E-state index is -0.666. The quantitative estimate of drug-likeness (QED) is 0.765. The first-order valence-electron chi connectivity index (χ1n) is 8.16. The van der Waals surface area contributed by atoms with Crippen molar-refractivity contribution >= 4 is 11.8 Å². The lowest BCUT2D eigenvalue weighted by atomic mass is 9.81. The molecule has 0 aromatic rings. The number of hydrogen-bond acceptors (Lipinski definition) is 4. The standard InChI is InChI=1S/C16H28N4O2/c1-4-18-14(21)11-20(5-2)12-15(22)19(3)16(13-17)9-7-6-8-10-16/h4-12H2,1-3H3,(H,18,21). The van der Waals surface area contributed by atoms with Gasteiger partial charge in [0.2, 0.25) is 11.8 Å². The summed E-state index contributed by atoms with van der Waals surface area (Å²) in [6, 6.07) is 2.36. The van der Waals surface area contributed by atoms with Crippen LogP contribution in [-0.4, -0.2) is 60.4 Å². The van der Waals surface area contributed by atoms with E-state index in [1.165, 1.54) is 0 Å². The smallest absolute Gasteiger partial charge is 0.237 e. The summed E-state index contributed by atoms with van der Waals surface area (Å²) in [4.78, 5) is 27.6. The van der Waals surface area contributed by atoms with E-state index >= 15 is 0 Å². The van der Waals surface area contributed by atoms with Crippen LogP contribution in [0.1, 0.15) is 46.0 Å². The van der Waals surface area contributed by atoms with Crippen molar-refractivity contribution in [2.24, 2.45) is 0 Å². The molecule has 1 rings (SSSR count). The summed E-state index contributed by atoms with van der Waals surface area (Å²) in [6.07, 6.45) is 4.59. The maximum absolute atomic E-state index is 12.5. The molecule has 1 aliphatic carbocycles. The van der Waals surface area contributed by atoms with Crippen molar-refractivity contribution in [1.29, 1.82) is 5.26 Å². The summed E-state index contributed by atoms with van der Waals surface area (Å²) in [5.74, 6) is -0.165. The Balaban J connectivity index is 2.65. The van der Waals surface area contributed by atoms with Gasteiger partial charge in [-0.15, -0.1) is 0 Å². The van der Waals surface area contributed by atoms with E-state index in [1.807, 2.05) is 13.8 Å². The van der Waals surface area contributed by atoms with Gasteiger partial charge in [0, 0.05) is 13.6 Å². The highest BCUT2D eigenvalue weighted by atomic mass is 16.2. The number of hydrogen-bond donors (Lipinski definition) is 1. The minimum Gasteiger partial charge on any atom is -0.355 e. The average Bonchev–Trinajstić information content (AvgIpc) is 2.54. The molecule has 1 N–H and O–H groups in total. The lowest BCUT2D eigenvalue weighted by molar-refractivity contribution is -0.136. The molecule has 0 aromatic heterocycles. The van der Waals surface area contributed by atoms with Crippen molar-refractivity contribution in [3.8, 4) is 6.07 Å². The van der Waals surface area contributed by atoms with Crippen molar-refractivity contribution in [2.45, 2.75) is 51.5 Å². The zero-order valence-electron chi connectivity index (χ0n) is 14.0. The van der Waals surface area contributed by atoms with Gasteiger partial charge in [0.25, 0.3) is 0 Å². The summed E-state index contributed by atoms with van der Waals surface area (Å²) in [7, 11) is 1.72. The number of carbonyl (C=O) groups is 2. The summed E-state index contributed by atoms with van der Waals surface area (Å²) in [6.45, 7) is 5.38. The minimum absolute atomic E-state index is 0.0764. The van der Waals surface area contributed by atoms with E-state index in [4.69, 9.17) is 0 Å². The van der Waals surface area contributed by atoms with Crippen LogP contribution in [0.15, 0.2) is 0 Å². The highest BCUT2D eigenvalue weighted by Crippen LogP contribution is 2.32. The first-order valence-corrected chi connectivity index (χ1v) is 8.16. The van der Waals surface area contributed by atoms with E-state index in [0.717, 1.165) is 32.1 Å². The van der Waals surface area contributed by atoms with Gasteiger partial charge in [-0.2, -0.15) is 5.26 Å². The highest BCUT2D eigenvalue weighted by Gasteiger charge is 2.38. The number of amides is 2. The fraction of sp³-hybridized carbons (Fsp3) is 0.812. The van der Waals surface area contributed by atoms with Crippen LogP contribution >= 0.6 is 0 Å². The van der Waals surface area contributed by atoms with Crippen LogP contribution in [-0.2, 0) is 9.59 Å². The normalized spacial score (nSPS) is 16.9. The zero-order chi connectivity index (χ0) is 16.6. The second-order valence-corrected chi connectivity index (χ2v) is 5.91. The van der Waals surface area contributed by atoms with Gasteiger partial charge in [-0.3, -0.25) is 14.5 Å². The Morgan fingerprint density at radius 1 is 1.18 bits per heavy atom. The SMILES string of the molecule is CCNC(=O)CN(CC)CC(=O)N(C)C1(C#N)CCCCC1. The summed E-state index contributed by atoms with van der Waals surface area (Å²) < 4.78 is 0. The van der Waals surface area contributed by atoms with Crippen LogP contribution in [0.25, 0.3) is 0 Å². The Kier molecular flexibility index (Phi) is 7.33. The summed E-state index contributed by atoms with van der Waals surface area (Å²) in [5, 5.41) is 12.3. The van der Waals surface area contributed by atoms with Gasteiger partial charge in [-0.05, 0) is 26.3 Å². The van der Waals surface area contributed by atoms with E-state index in [-0.39, 0.29) is 24.9 Å². The average molecular weight is 308 g/mol. The second kappa shape index (κ2) is 8.74. The van der Waals surface area contributed by atoms with Crippen molar-refractivity contribution in [2.75, 3.05) is 33.2 Å². The number of nitrogens with zero attached hydrogens (tertiary/aromatic N) is 3. The molecule has 22 heavy (non-hydrogen) atoms. The molecule has 2 amide bonds. The molecule has 0 heterocycles. The van der Waals surface area contributed by atoms with Crippen LogP contribution < -0.4 is 5.32 Å². The van der Waals surface area contributed by atoms with E-state index in [2.05, 4.69) is 11.4 Å². The molecule has 6 heteroatoms. The third kappa shape index (κ3) is 4.70. The number of carbonyl (C=O) groups excluding carboxylic acids is 2. The molecule has 124 valence electrons. The molecule has 0 bridgehead atoms. The largest absolute Gasteiger partial charge is 0.355 e. The highest BCUT2D eigenvalue weighted by molar-refractivity contribution is 5.81. The van der Waals surface area contributed by atoms with Crippen LogP contribution in [0.2, 0.25) is 0 Å². The van der Waals surface area contributed by atoms with Gasteiger partial charge in [-0.1, -0.05) is 26.2 Å². The zero-order valence-corrected chi connectivity index (χ0v) is 14.0. The van der Waals surface area contributed by atoms with Crippen LogP contribution in [0.3, 0.4) is 0 Å². The van der Waals surface area contributed by atoms with Crippen molar-refractivity contribution < 1.29 is 9.59 Å². The van der Waals surface area contributed by atoms with Crippen molar-refractivity contribution in [1.82, 2.24) is 15.1 Å². The third-order valence-corrected chi connectivity index (χ3v) is 4.45. The predicted molar refractivity (Wildman–Crippen MR) is 85.0 cm³/mol. The molecule has 0 radical (unpaired) electrons. The Morgan fingerprint density at radius 2 is 1.82 bits per heavy atom. The van der Waals surface area contributed by atoms with Gasteiger partial charge >= 0.3 is 0 Å². The molecule has 0 saturated heterocycles. The molecule has 0 aliphatic heterocycles. The maximum atomic E-state index is 12.5. The second-order valence-electron chi connectivity index (χ2n) is 5.91. The van der Waals surface area contributed by atoms with Crippen LogP contribution in [0, 0.1) is 11.3 Å². The van der Waals surface area contributed by atoms with Crippen LogP contribution in [0.4, 0.5) is 0 Å². The molecule has 0 atom stereocenters. The van der Waals surface area contributed by atoms with E-state index < -0.39 is 5.54 Å². The number of nitriles is 1. The Labute approximate surface area is 133 Å². The van der Waals surface area contributed by atoms with Gasteiger partial charge < -0.3 is 10.2 Å². The van der Waals surface area contributed by atoms with Gasteiger partial charge in [0.1, 0.15) is 5.54 Å². The summed E-state index contributed by atoms with van der Waals surface area (Å²) in [5.41, 5.74) is -0.666. The molecular weight excluding hydrogens is 280 g/mol. The Hall–Kier alpha value is -1.61. The van der Waals surface area contributed by atoms with E-state index in [1.54, 1.807) is 16.8 Å². The number of nitrogens with one attached hydrogen (secondary N) is 1. The van der Waals surface area contributed by atoms with Gasteiger partial charge in [-0.25, -0.2) is 0 Å². The molecule has 1 aliphatic rings. The van der Waals surface area contributed by atoms with Gasteiger partial charge in [0.05, 0.1) is 19.2 Å². The lowest BCUT2D eigenvalue weighted by Gasteiger charge is -2.39. The fourth-order valence-electron chi connectivity index (χ4n) is 2.93. The van der Waals surface area contributed by atoms with E-state index in [0.29, 0.717) is 13.1 Å². The molecule has 1 saturated carbocycles. The molecular formula is C16H28N4O2. The van der Waals surface area contributed by atoms with Crippen molar-refractivity contribution in [3.63, 3.8) is 0 Å². The Bertz CT molecular complexity index is 424. The monoisotopic (exact) mass is 308 g/mol. The third-order valence-electron chi connectivity index (χ3n) is 4.45. The molecule has 0 aromatic carbocycles. The van der Waals surface area contributed by atoms with Gasteiger partial charge in [0.15, 0.2) is 0 Å². The first kappa shape index (κ1) is 18.4. The predicted octanol–water partition coefficient (Wildman–Crippen LogP) is 1.13. The van der Waals surface area contributed by atoms with E-state index in [9.17, 15) is 14.9 Å². The molecule has 6 nitrogen and oxygen atoms in total. The molecule has 0 unspecified atom stereocenters. The summed E-state index contributed by atoms with van der Waals surface area (Å²) >= 11 is 0. The number of likely N-dealkylation sites (N-methyl/N-ethyl adjacent to an activating group) is 3. The lowest BCUT2D eigenvalue weighted by Crippen LogP contribution is -2.53. The molecule has 1 fully saturated rings. The number of rotatable bonds is 7. The first-order chi connectivity index (χ1) is 10.5. The Morgan fingerprint density at radius 3 is 2.32 bits per heavy atom. The fourth-order valence-corrected chi connectivity index (χ4v) is 2.93. The maximum Gasteiger partial charge on any atom is 0.237 e. The van der Waals surface area contributed by atoms with Crippen LogP contribution in [0.5, 0.6) is 0 Å².